The van der Waals surface area contributed by atoms with Crippen molar-refractivity contribution in [2.45, 2.75) is 40.0 Å². The van der Waals surface area contributed by atoms with Crippen molar-refractivity contribution in [3.05, 3.63) is 41.7 Å². The van der Waals surface area contributed by atoms with Gasteiger partial charge in [-0.1, -0.05) is 19.9 Å². The van der Waals surface area contributed by atoms with Gasteiger partial charge in [-0.25, -0.2) is 14.1 Å². The van der Waals surface area contributed by atoms with Gasteiger partial charge in [-0.15, -0.1) is 0 Å². The van der Waals surface area contributed by atoms with Gasteiger partial charge in [-0.2, -0.15) is 5.10 Å². The molecule has 114 valence electrons. The number of nitrogens with zero attached hydrogens (tertiary/aromatic N) is 3. The predicted octanol–water partition coefficient (Wildman–Crippen LogP) is 2.71. The third-order valence-corrected chi connectivity index (χ3v) is 3.03. The number of ether oxygens (including phenoxy) is 1. The van der Waals surface area contributed by atoms with Gasteiger partial charge >= 0.3 is 0 Å². The molecular formula is C15H20FN3O2. The fourth-order valence-electron chi connectivity index (χ4n) is 1.93. The molecule has 0 radical (unpaired) electrons. The fourth-order valence-corrected chi connectivity index (χ4v) is 1.93. The van der Waals surface area contributed by atoms with Gasteiger partial charge < -0.3 is 9.84 Å². The number of hydrogen-bond acceptors (Lipinski definition) is 4. The van der Waals surface area contributed by atoms with E-state index in [0.717, 1.165) is 6.54 Å². The van der Waals surface area contributed by atoms with Gasteiger partial charge in [0.15, 0.2) is 17.4 Å². The summed E-state index contributed by atoms with van der Waals surface area (Å²) in [5.41, 5.74) is 0.517. The summed E-state index contributed by atoms with van der Waals surface area (Å²) >= 11 is 0. The minimum absolute atomic E-state index is 0.137. The highest BCUT2D eigenvalue weighted by molar-refractivity contribution is 5.30. The van der Waals surface area contributed by atoms with Crippen LogP contribution in [0.15, 0.2) is 24.5 Å². The average Bonchev–Trinajstić information content (AvgIpc) is 2.83. The lowest BCUT2D eigenvalue weighted by atomic mass is 10.1. The van der Waals surface area contributed by atoms with Crippen LogP contribution < -0.4 is 4.74 Å². The molecular weight excluding hydrogens is 273 g/mol. The van der Waals surface area contributed by atoms with Gasteiger partial charge in [-0.05, 0) is 30.5 Å². The van der Waals surface area contributed by atoms with Gasteiger partial charge in [0.05, 0.1) is 6.10 Å². The Hall–Kier alpha value is -1.95. The zero-order valence-corrected chi connectivity index (χ0v) is 12.5. The van der Waals surface area contributed by atoms with Crippen LogP contribution in [0.2, 0.25) is 0 Å². The van der Waals surface area contributed by atoms with Crippen LogP contribution in [-0.2, 0) is 13.2 Å². The van der Waals surface area contributed by atoms with Gasteiger partial charge in [0.1, 0.15) is 12.9 Å². The number of aliphatic hydroxyl groups excluding tert-OH is 1. The molecule has 5 nitrogen and oxygen atoms in total. The summed E-state index contributed by atoms with van der Waals surface area (Å²) in [7, 11) is 0. The zero-order chi connectivity index (χ0) is 15.4. The molecule has 1 N–H and O–H groups in total. The first-order chi connectivity index (χ1) is 9.97. The smallest absolute Gasteiger partial charge is 0.165 e. The van der Waals surface area contributed by atoms with E-state index >= 15 is 0 Å². The Morgan fingerprint density at radius 3 is 2.71 bits per heavy atom. The molecule has 1 unspecified atom stereocenters. The molecule has 6 heteroatoms. The molecule has 0 bridgehead atoms. The van der Waals surface area contributed by atoms with Crippen molar-refractivity contribution < 1.29 is 14.2 Å². The van der Waals surface area contributed by atoms with Crippen LogP contribution >= 0.6 is 0 Å². The minimum atomic E-state index is -0.706. The topological polar surface area (TPSA) is 60.2 Å². The van der Waals surface area contributed by atoms with E-state index in [1.165, 1.54) is 18.5 Å². The van der Waals surface area contributed by atoms with E-state index < -0.39 is 11.9 Å². The summed E-state index contributed by atoms with van der Waals surface area (Å²) in [6, 6.07) is 4.43. The van der Waals surface area contributed by atoms with Crippen LogP contribution in [0.1, 0.15) is 38.3 Å². The van der Waals surface area contributed by atoms with E-state index in [1.54, 1.807) is 17.7 Å². The molecule has 1 aromatic heterocycles. The first-order valence-electron chi connectivity index (χ1n) is 6.94. The monoisotopic (exact) mass is 293 g/mol. The van der Waals surface area contributed by atoms with Crippen molar-refractivity contribution in [3.8, 4) is 5.75 Å². The average molecular weight is 293 g/mol. The van der Waals surface area contributed by atoms with Crippen molar-refractivity contribution >= 4 is 0 Å². The van der Waals surface area contributed by atoms with Gasteiger partial charge in [0.25, 0.3) is 0 Å². The summed E-state index contributed by atoms with van der Waals surface area (Å²) < 4.78 is 21.1. The number of hydrogen-bond donors (Lipinski definition) is 1. The normalized spacial score (nSPS) is 12.7. The van der Waals surface area contributed by atoms with Crippen LogP contribution in [0.3, 0.4) is 0 Å². The maximum Gasteiger partial charge on any atom is 0.165 e. The van der Waals surface area contributed by atoms with E-state index in [9.17, 15) is 9.50 Å². The molecule has 2 aromatic rings. The lowest BCUT2D eigenvalue weighted by Gasteiger charge is -2.11. The number of benzene rings is 1. The standard InChI is InChI=1S/C15H20FN3O2/c1-10(2)7-19-15(17-9-18-19)8-21-14-5-4-12(11(3)20)6-13(14)16/h4-6,9-11,20H,7-8H2,1-3H3. The third-order valence-electron chi connectivity index (χ3n) is 3.03. The Bertz CT molecular complexity index is 596. The highest BCUT2D eigenvalue weighted by Gasteiger charge is 2.11. The third kappa shape index (κ3) is 4.01. The predicted molar refractivity (Wildman–Crippen MR) is 76.2 cm³/mol. The van der Waals surface area contributed by atoms with Crippen molar-refractivity contribution in [2.24, 2.45) is 5.92 Å². The van der Waals surface area contributed by atoms with Crippen LogP contribution in [0.4, 0.5) is 4.39 Å². The summed E-state index contributed by atoms with van der Waals surface area (Å²) in [4.78, 5) is 4.12. The molecule has 0 fully saturated rings. The second-order valence-corrected chi connectivity index (χ2v) is 5.41. The summed E-state index contributed by atoms with van der Waals surface area (Å²) in [6.07, 6.45) is 0.760. The number of aromatic nitrogens is 3. The molecule has 1 aromatic carbocycles. The molecule has 0 amide bonds. The van der Waals surface area contributed by atoms with Crippen LogP contribution in [0.25, 0.3) is 0 Å². The molecule has 2 rings (SSSR count). The van der Waals surface area contributed by atoms with E-state index in [0.29, 0.717) is 17.3 Å². The Balaban J connectivity index is 2.05. The molecule has 0 saturated heterocycles. The molecule has 0 aliphatic carbocycles. The van der Waals surface area contributed by atoms with Crippen molar-refractivity contribution in [1.82, 2.24) is 14.8 Å². The van der Waals surface area contributed by atoms with Crippen LogP contribution in [0.5, 0.6) is 5.75 Å². The number of rotatable bonds is 6. The summed E-state index contributed by atoms with van der Waals surface area (Å²) in [5, 5.41) is 13.5. The largest absolute Gasteiger partial charge is 0.483 e. The summed E-state index contributed by atoms with van der Waals surface area (Å²) in [5.74, 6) is 0.733. The first-order valence-corrected chi connectivity index (χ1v) is 6.94. The molecule has 0 aliphatic rings. The Morgan fingerprint density at radius 2 is 2.10 bits per heavy atom. The maximum atomic E-state index is 13.9. The fraction of sp³-hybridized carbons (Fsp3) is 0.467. The number of halogens is 1. The van der Waals surface area contributed by atoms with E-state index in [4.69, 9.17) is 4.74 Å². The molecule has 0 saturated carbocycles. The zero-order valence-electron chi connectivity index (χ0n) is 12.5. The molecule has 21 heavy (non-hydrogen) atoms. The van der Waals surface area contributed by atoms with Gasteiger partial charge in [0.2, 0.25) is 0 Å². The molecule has 1 atom stereocenters. The molecule has 1 heterocycles. The Labute approximate surface area is 123 Å². The Morgan fingerprint density at radius 1 is 1.33 bits per heavy atom. The van der Waals surface area contributed by atoms with Crippen molar-refractivity contribution in [2.75, 3.05) is 0 Å². The maximum absolute atomic E-state index is 13.9. The van der Waals surface area contributed by atoms with E-state index in [1.807, 2.05) is 0 Å². The van der Waals surface area contributed by atoms with E-state index in [2.05, 4.69) is 23.9 Å². The molecule has 0 aliphatic heterocycles. The first kappa shape index (κ1) is 15.4. The highest BCUT2D eigenvalue weighted by Crippen LogP contribution is 2.22. The van der Waals surface area contributed by atoms with Crippen LogP contribution in [-0.4, -0.2) is 19.9 Å². The van der Waals surface area contributed by atoms with Crippen molar-refractivity contribution in [3.63, 3.8) is 0 Å². The second kappa shape index (κ2) is 6.67. The quantitative estimate of drug-likeness (QED) is 0.889. The molecule has 0 spiro atoms. The lowest BCUT2D eigenvalue weighted by Crippen LogP contribution is -2.12. The Kier molecular flexibility index (Phi) is 4.90. The minimum Gasteiger partial charge on any atom is -0.483 e. The highest BCUT2D eigenvalue weighted by atomic mass is 19.1. The lowest BCUT2D eigenvalue weighted by molar-refractivity contribution is 0.198. The van der Waals surface area contributed by atoms with Crippen LogP contribution in [0, 0.1) is 11.7 Å². The second-order valence-electron chi connectivity index (χ2n) is 5.41. The van der Waals surface area contributed by atoms with E-state index in [-0.39, 0.29) is 12.4 Å². The number of aliphatic hydroxyl groups is 1. The van der Waals surface area contributed by atoms with Gasteiger partial charge in [-0.3, -0.25) is 0 Å². The van der Waals surface area contributed by atoms with Gasteiger partial charge in [0, 0.05) is 6.54 Å². The summed E-state index contributed by atoms with van der Waals surface area (Å²) in [6.45, 7) is 6.64. The van der Waals surface area contributed by atoms with Crippen molar-refractivity contribution in [1.29, 1.82) is 0 Å². The SMILES string of the molecule is CC(C)Cn1ncnc1COc1ccc(C(C)O)cc1F.